The maximum Gasteiger partial charge on any atom is 0.150 e. The van der Waals surface area contributed by atoms with Crippen molar-refractivity contribution in [3.05, 3.63) is 29.8 Å². The summed E-state index contributed by atoms with van der Waals surface area (Å²) in [5.74, 6) is 0.705. The molecule has 0 saturated heterocycles. The molecule has 0 N–H and O–H groups in total. The zero-order chi connectivity index (χ0) is 31.4. The van der Waals surface area contributed by atoms with E-state index in [0.717, 1.165) is 6.29 Å². The van der Waals surface area contributed by atoms with Gasteiger partial charge < -0.3 is 56.8 Å². The Kier molecular flexibility index (Phi) is 31.2. The number of benzene rings is 1. The van der Waals surface area contributed by atoms with Crippen molar-refractivity contribution in [3.63, 3.8) is 0 Å². The molecule has 0 amide bonds. The highest BCUT2D eigenvalue weighted by Gasteiger charge is 1.97. The van der Waals surface area contributed by atoms with Crippen LogP contribution in [-0.2, 0) is 52.1 Å². The van der Waals surface area contributed by atoms with Gasteiger partial charge in [-0.25, -0.2) is 0 Å². The van der Waals surface area contributed by atoms with E-state index in [9.17, 15) is 4.79 Å². The maximum atomic E-state index is 10.6. The maximum absolute atomic E-state index is 10.6. The van der Waals surface area contributed by atoms with E-state index in [-0.39, 0.29) is 0 Å². The Morgan fingerprint density at radius 2 is 0.636 bits per heavy atom. The average Bonchev–Trinajstić information content (AvgIpc) is 3.05. The topological polar surface area (TPSA) is 128 Å². The lowest BCUT2D eigenvalue weighted by Crippen LogP contribution is -2.15. The quantitative estimate of drug-likeness (QED) is 0.0790. The van der Waals surface area contributed by atoms with E-state index < -0.39 is 0 Å². The highest BCUT2D eigenvalue weighted by Crippen LogP contribution is 2.10. The molecule has 0 saturated carbocycles. The van der Waals surface area contributed by atoms with Gasteiger partial charge in [0.2, 0.25) is 0 Å². The van der Waals surface area contributed by atoms with Crippen molar-refractivity contribution in [1.82, 2.24) is 0 Å². The minimum absolute atomic E-state index is 0.432. The zero-order valence-electron chi connectivity index (χ0n) is 26.5. The van der Waals surface area contributed by atoms with Crippen LogP contribution >= 0.6 is 0 Å². The molecule has 0 aromatic heterocycles. The SMILES string of the molecule is CCOCCOCCOCCOCCOCCOCCOCCOCCOCCOCCOCCOc1ccc(C=O)cc1. The fourth-order valence-electron chi connectivity index (χ4n) is 3.20. The van der Waals surface area contributed by atoms with Crippen molar-refractivity contribution in [2.24, 2.45) is 0 Å². The Labute approximate surface area is 262 Å². The molecular formula is C31H54O13. The molecule has 0 fully saturated rings. The Morgan fingerprint density at radius 3 is 0.886 bits per heavy atom. The van der Waals surface area contributed by atoms with Crippen molar-refractivity contribution in [2.75, 3.05) is 152 Å². The summed E-state index contributed by atoms with van der Waals surface area (Å²) in [5, 5.41) is 0. The van der Waals surface area contributed by atoms with E-state index in [0.29, 0.717) is 163 Å². The fourth-order valence-corrected chi connectivity index (χ4v) is 3.20. The van der Waals surface area contributed by atoms with Gasteiger partial charge in [-0.3, -0.25) is 4.79 Å². The molecule has 0 atom stereocenters. The number of hydrogen-bond acceptors (Lipinski definition) is 13. The zero-order valence-corrected chi connectivity index (χ0v) is 26.5. The Hall–Kier alpha value is -1.75. The second kappa shape index (κ2) is 34.1. The molecule has 0 spiro atoms. The Morgan fingerprint density at radius 1 is 0.386 bits per heavy atom. The van der Waals surface area contributed by atoms with E-state index in [1.54, 1.807) is 24.3 Å². The molecule has 0 aliphatic heterocycles. The number of hydrogen-bond donors (Lipinski definition) is 0. The number of ether oxygens (including phenoxy) is 12. The third kappa shape index (κ3) is 29.0. The van der Waals surface area contributed by atoms with Crippen LogP contribution in [0.5, 0.6) is 5.75 Å². The first-order valence-electron chi connectivity index (χ1n) is 15.4. The first kappa shape index (κ1) is 40.3. The van der Waals surface area contributed by atoms with Crippen LogP contribution in [0.1, 0.15) is 17.3 Å². The smallest absolute Gasteiger partial charge is 0.150 e. The summed E-state index contributed by atoms with van der Waals surface area (Å²) in [6.45, 7) is 14.0. The summed E-state index contributed by atoms with van der Waals surface area (Å²) in [5.41, 5.74) is 0.618. The van der Waals surface area contributed by atoms with Gasteiger partial charge in [0.15, 0.2) is 0 Å². The summed E-state index contributed by atoms with van der Waals surface area (Å²) in [4.78, 5) is 10.6. The summed E-state index contributed by atoms with van der Waals surface area (Å²) in [6, 6.07) is 6.93. The molecule has 1 aromatic rings. The van der Waals surface area contributed by atoms with E-state index in [2.05, 4.69) is 0 Å². The van der Waals surface area contributed by atoms with Crippen molar-refractivity contribution in [2.45, 2.75) is 6.92 Å². The lowest BCUT2D eigenvalue weighted by Gasteiger charge is -2.09. The van der Waals surface area contributed by atoms with Gasteiger partial charge in [-0.2, -0.15) is 0 Å². The monoisotopic (exact) mass is 634 g/mol. The largest absolute Gasteiger partial charge is 0.491 e. The summed E-state index contributed by atoms with van der Waals surface area (Å²) in [6.07, 6.45) is 0.798. The van der Waals surface area contributed by atoms with Crippen molar-refractivity contribution in [1.29, 1.82) is 0 Å². The van der Waals surface area contributed by atoms with E-state index in [1.807, 2.05) is 6.92 Å². The molecule has 256 valence electrons. The van der Waals surface area contributed by atoms with Gasteiger partial charge in [0.25, 0.3) is 0 Å². The van der Waals surface area contributed by atoms with Gasteiger partial charge in [0, 0.05) is 12.2 Å². The van der Waals surface area contributed by atoms with Crippen LogP contribution in [-0.4, -0.2) is 158 Å². The van der Waals surface area contributed by atoms with Crippen LogP contribution in [0.15, 0.2) is 24.3 Å². The van der Waals surface area contributed by atoms with Crippen LogP contribution < -0.4 is 4.74 Å². The number of rotatable bonds is 36. The van der Waals surface area contributed by atoms with Gasteiger partial charge in [-0.1, -0.05) is 0 Å². The normalized spacial score (nSPS) is 11.3. The molecule has 13 nitrogen and oxygen atoms in total. The fraction of sp³-hybridized carbons (Fsp3) is 0.774. The second-order valence-corrected chi connectivity index (χ2v) is 8.86. The van der Waals surface area contributed by atoms with Crippen molar-refractivity contribution < 1.29 is 61.6 Å². The van der Waals surface area contributed by atoms with Gasteiger partial charge in [0.1, 0.15) is 18.6 Å². The third-order valence-electron chi connectivity index (χ3n) is 5.44. The van der Waals surface area contributed by atoms with E-state index in [4.69, 9.17) is 56.8 Å². The average molecular weight is 635 g/mol. The number of aldehydes is 1. The van der Waals surface area contributed by atoms with Crippen LogP contribution in [0.3, 0.4) is 0 Å². The van der Waals surface area contributed by atoms with Crippen LogP contribution in [0.4, 0.5) is 0 Å². The van der Waals surface area contributed by atoms with Crippen LogP contribution in [0.25, 0.3) is 0 Å². The lowest BCUT2D eigenvalue weighted by molar-refractivity contribution is -0.0276. The van der Waals surface area contributed by atoms with Gasteiger partial charge >= 0.3 is 0 Å². The number of carbonyl (C=O) groups is 1. The highest BCUT2D eigenvalue weighted by atomic mass is 16.6. The summed E-state index contributed by atoms with van der Waals surface area (Å²) in [7, 11) is 0. The first-order chi connectivity index (χ1) is 21.9. The van der Waals surface area contributed by atoms with Crippen LogP contribution in [0, 0.1) is 0 Å². The van der Waals surface area contributed by atoms with Gasteiger partial charge in [-0.05, 0) is 31.2 Å². The molecule has 0 heterocycles. The molecule has 0 aliphatic rings. The van der Waals surface area contributed by atoms with Crippen molar-refractivity contribution >= 4 is 6.29 Å². The predicted octanol–water partition coefficient (Wildman–Crippen LogP) is 2.08. The molecule has 1 rings (SSSR count). The molecule has 0 radical (unpaired) electrons. The molecule has 13 heteroatoms. The molecule has 0 aliphatic carbocycles. The standard InChI is InChI=1S/C31H54O13/c1-2-33-7-8-34-9-10-35-11-12-36-13-14-37-15-16-38-17-18-39-19-20-40-21-22-41-23-24-42-25-26-43-27-28-44-31-5-3-30(29-32)4-6-31/h3-6,29H,2,7-28H2,1H3. The molecule has 0 unspecified atom stereocenters. The van der Waals surface area contributed by atoms with Crippen molar-refractivity contribution in [3.8, 4) is 5.75 Å². The van der Waals surface area contributed by atoms with E-state index in [1.165, 1.54) is 0 Å². The minimum atomic E-state index is 0.432. The molecular weight excluding hydrogens is 580 g/mol. The van der Waals surface area contributed by atoms with Gasteiger partial charge in [0.05, 0.1) is 139 Å². The lowest BCUT2D eigenvalue weighted by atomic mass is 10.2. The second-order valence-electron chi connectivity index (χ2n) is 8.86. The number of carbonyl (C=O) groups excluding carboxylic acids is 1. The third-order valence-corrected chi connectivity index (χ3v) is 5.44. The molecule has 0 bridgehead atoms. The highest BCUT2D eigenvalue weighted by molar-refractivity contribution is 5.74. The summed E-state index contributed by atoms with van der Waals surface area (Å²) >= 11 is 0. The van der Waals surface area contributed by atoms with Crippen LogP contribution in [0.2, 0.25) is 0 Å². The Bertz CT molecular complexity index is 708. The summed E-state index contributed by atoms with van der Waals surface area (Å²) < 4.78 is 65.2. The molecule has 44 heavy (non-hydrogen) atoms. The first-order valence-corrected chi connectivity index (χ1v) is 15.4. The predicted molar refractivity (Wildman–Crippen MR) is 162 cm³/mol. The van der Waals surface area contributed by atoms with Gasteiger partial charge in [-0.15, -0.1) is 0 Å². The molecule has 1 aromatic carbocycles. The Balaban J connectivity index is 1.64. The van der Waals surface area contributed by atoms with E-state index >= 15 is 0 Å². The minimum Gasteiger partial charge on any atom is -0.491 e.